The number of halogens is 1. The van der Waals surface area contributed by atoms with E-state index in [2.05, 4.69) is 10.6 Å². The van der Waals surface area contributed by atoms with E-state index in [0.717, 1.165) is 11.3 Å². The SMILES string of the molecule is COc1ccc(CNC(=O)C2CC2C(=O)Nc2cccc(F)c2)cc1. The van der Waals surface area contributed by atoms with Crippen LogP contribution in [0.15, 0.2) is 48.5 Å². The number of carbonyl (C=O) groups is 2. The molecule has 3 rings (SSSR count). The van der Waals surface area contributed by atoms with Gasteiger partial charge in [-0.2, -0.15) is 0 Å². The van der Waals surface area contributed by atoms with E-state index in [1.807, 2.05) is 24.3 Å². The summed E-state index contributed by atoms with van der Waals surface area (Å²) < 4.78 is 18.2. The molecule has 1 aliphatic carbocycles. The highest BCUT2D eigenvalue weighted by atomic mass is 19.1. The minimum atomic E-state index is -0.414. The Bertz CT molecular complexity index is 776. The van der Waals surface area contributed by atoms with Crippen LogP contribution in [-0.2, 0) is 16.1 Å². The maximum atomic E-state index is 13.1. The number of amides is 2. The van der Waals surface area contributed by atoms with E-state index in [0.29, 0.717) is 18.7 Å². The predicted molar refractivity (Wildman–Crippen MR) is 91.5 cm³/mol. The number of hydrogen-bond acceptors (Lipinski definition) is 3. The number of nitrogens with one attached hydrogen (secondary N) is 2. The fourth-order valence-electron chi connectivity index (χ4n) is 2.64. The maximum absolute atomic E-state index is 13.1. The molecule has 2 amide bonds. The topological polar surface area (TPSA) is 67.4 Å². The molecular formula is C19H19FN2O3. The monoisotopic (exact) mass is 342 g/mol. The average Bonchev–Trinajstić information content (AvgIpc) is 3.41. The summed E-state index contributed by atoms with van der Waals surface area (Å²) in [6, 6.07) is 13.1. The molecule has 1 saturated carbocycles. The summed E-state index contributed by atoms with van der Waals surface area (Å²) in [5.74, 6) is -0.745. The first-order valence-electron chi connectivity index (χ1n) is 8.04. The van der Waals surface area contributed by atoms with E-state index < -0.39 is 5.82 Å². The van der Waals surface area contributed by atoms with E-state index in [-0.39, 0.29) is 23.7 Å². The second kappa shape index (κ2) is 7.34. The van der Waals surface area contributed by atoms with Gasteiger partial charge >= 0.3 is 0 Å². The first-order valence-corrected chi connectivity index (χ1v) is 8.04. The van der Waals surface area contributed by atoms with E-state index in [1.54, 1.807) is 13.2 Å². The van der Waals surface area contributed by atoms with Gasteiger partial charge < -0.3 is 15.4 Å². The maximum Gasteiger partial charge on any atom is 0.228 e. The van der Waals surface area contributed by atoms with Crippen LogP contribution < -0.4 is 15.4 Å². The molecule has 1 aliphatic rings. The lowest BCUT2D eigenvalue weighted by Crippen LogP contribution is -2.27. The molecule has 0 saturated heterocycles. The van der Waals surface area contributed by atoms with Crippen molar-refractivity contribution in [1.29, 1.82) is 0 Å². The fraction of sp³-hybridized carbons (Fsp3) is 0.263. The molecule has 5 nitrogen and oxygen atoms in total. The van der Waals surface area contributed by atoms with Gasteiger partial charge in [-0.05, 0) is 42.3 Å². The van der Waals surface area contributed by atoms with Gasteiger partial charge in [0.15, 0.2) is 0 Å². The molecule has 2 atom stereocenters. The molecule has 130 valence electrons. The third kappa shape index (κ3) is 4.35. The molecule has 0 bridgehead atoms. The van der Waals surface area contributed by atoms with Gasteiger partial charge in [0, 0.05) is 12.2 Å². The Morgan fingerprint density at radius 1 is 1.12 bits per heavy atom. The van der Waals surface area contributed by atoms with Crippen LogP contribution in [-0.4, -0.2) is 18.9 Å². The summed E-state index contributed by atoms with van der Waals surface area (Å²) in [4.78, 5) is 24.3. The van der Waals surface area contributed by atoms with Crippen molar-refractivity contribution in [3.05, 3.63) is 59.9 Å². The summed E-state index contributed by atoms with van der Waals surface area (Å²) in [6.07, 6.45) is 0.510. The van der Waals surface area contributed by atoms with Crippen molar-refractivity contribution in [2.24, 2.45) is 11.8 Å². The van der Waals surface area contributed by atoms with E-state index >= 15 is 0 Å². The molecule has 1 fully saturated rings. The number of methoxy groups -OCH3 is 1. The molecule has 2 N–H and O–H groups in total. The van der Waals surface area contributed by atoms with Gasteiger partial charge in [0.25, 0.3) is 0 Å². The van der Waals surface area contributed by atoms with Gasteiger partial charge in [-0.1, -0.05) is 18.2 Å². The third-order valence-electron chi connectivity index (χ3n) is 4.18. The Hall–Kier alpha value is -2.89. The fourth-order valence-corrected chi connectivity index (χ4v) is 2.64. The smallest absolute Gasteiger partial charge is 0.228 e. The predicted octanol–water partition coefficient (Wildman–Crippen LogP) is 2.73. The lowest BCUT2D eigenvalue weighted by Gasteiger charge is -2.07. The lowest BCUT2D eigenvalue weighted by molar-refractivity contribution is -0.125. The van der Waals surface area contributed by atoms with Crippen LogP contribution in [0.25, 0.3) is 0 Å². The largest absolute Gasteiger partial charge is 0.497 e. The second-order valence-electron chi connectivity index (χ2n) is 6.01. The van der Waals surface area contributed by atoms with Crippen LogP contribution in [0.1, 0.15) is 12.0 Å². The van der Waals surface area contributed by atoms with Crippen molar-refractivity contribution < 1.29 is 18.7 Å². The number of rotatable bonds is 6. The van der Waals surface area contributed by atoms with Gasteiger partial charge in [0.05, 0.1) is 18.9 Å². The molecule has 0 aliphatic heterocycles. The van der Waals surface area contributed by atoms with Crippen LogP contribution >= 0.6 is 0 Å². The van der Waals surface area contributed by atoms with Crippen LogP contribution in [0.5, 0.6) is 5.75 Å². The zero-order valence-corrected chi connectivity index (χ0v) is 13.8. The molecule has 6 heteroatoms. The van der Waals surface area contributed by atoms with Crippen molar-refractivity contribution in [2.75, 3.05) is 12.4 Å². The number of carbonyl (C=O) groups excluding carboxylic acids is 2. The van der Waals surface area contributed by atoms with E-state index in [9.17, 15) is 14.0 Å². The van der Waals surface area contributed by atoms with Crippen molar-refractivity contribution in [3.63, 3.8) is 0 Å². The van der Waals surface area contributed by atoms with Gasteiger partial charge in [0.1, 0.15) is 11.6 Å². The number of anilines is 1. The van der Waals surface area contributed by atoms with Crippen LogP contribution in [0.3, 0.4) is 0 Å². The standard InChI is InChI=1S/C19H19FN2O3/c1-25-15-7-5-12(6-8-15)11-21-18(23)16-10-17(16)19(24)22-14-4-2-3-13(20)9-14/h2-9,16-17H,10-11H2,1H3,(H,21,23)(H,22,24). The highest BCUT2D eigenvalue weighted by Crippen LogP contribution is 2.39. The summed E-state index contributed by atoms with van der Waals surface area (Å²) >= 11 is 0. The average molecular weight is 342 g/mol. The minimum Gasteiger partial charge on any atom is -0.497 e. The number of hydrogen-bond donors (Lipinski definition) is 2. The first-order chi connectivity index (χ1) is 12.1. The summed E-state index contributed by atoms with van der Waals surface area (Å²) in [7, 11) is 1.60. The molecule has 2 aromatic carbocycles. The van der Waals surface area contributed by atoms with Crippen LogP contribution in [0.4, 0.5) is 10.1 Å². The second-order valence-corrected chi connectivity index (χ2v) is 6.01. The molecule has 0 aromatic heterocycles. The van der Waals surface area contributed by atoms with Crippen LogP contribution in [0.2, 0.25) is 0 Å². The summed E-state index contributed by atoms with van der Waals surface area (Å²) in [5.41, 5.74) is 1.35. The summed E-state index contributed by atoms with van der Waals surface area (Å²) in [6.45, 7) is 0.400. The van der Waals surface area contributed by atoms with Crippen LogP contribution in [0, 0.1) is 17.7 Å². The van der Waals surface area contributed by atoms with Gasteiger partial charge in [-0.15, -0.1) is 0 Å². The third-order valence-corrected chi connectivity index (χ3v) is 4.18. The van der Waals surface area contributed by atoms with E-state index in [1.165, 1.54) is 18.2 Å². The van der Waals surface area contributed by atoms with Gasteiger partial charge in [-0.25, -0.2) is 4.39 Å². The van der Waals surface area contributed by atoms with E-state index in [4.69, 9.17) is 4.74 Å². The molecule has 0 spiro atoms. The summed E-state index contributed by atoms with van der Waals surface area (Å²) in [5, 5.41) is 5.48. The normalized spacial score (nSPS) is 18.3. The van der Waals surface area contributed by atoms with Crippen molar-refractivity contribution in [3.8, 4) is 5.75 Å². The van der Waals surface area contributed by atoms with Crippen molar-refractivity contribution in [2.45, 2.75) is 13.0 Å². The zero-order chi connectivity index (χ0) is 17.8. The van der Waals surface area contributed by atoms with Crippen molar-refractivity contribution >= 4 is 17.5 Å². The Kier molecular flexibility index (Phi) is 4.97. The Balaban J connectivity index is 1.47. The Labute approximate surface area is 145 Å². The molecular weight excluding hydrogens is 323 g/mol. The highest BCUT2D eigenvalue weighted by molar-refractivity contribution is 5.99. The molecule has 2 unspecified atom stereocenters. The Morgan fingerprint density at radius 3 is 2.52 bits per heavy atom. The quantitative estimate of drug-likeness (QED) is 0.848. The highest BCUT2D eigenvalue weighted by Gasteiger charge is 2.47. The first kappa shape index (κ1) is 17.0. The zero-order valence-electron chi connectivity index (χ0n) is 13.8. The van der Waals surface area contributed by atoms with Gasteiger partial charge in [-0.3, -0.25) is 9.59 Å². The molecule has 0 heterocycles. The lowest BCUT2D eigenvalue weighted by atomic mass is 10.2. The Morgan fingerprint density at radius 2 is 1.84 bits per heavy atom. The van der Waals surface area contributed by atoms with Gasteiger partial charge in [0.2, 0.25) is 11.8 Å². The molecule has 2 aromatic rings. The number of ether oxygens (including phenoxy) is 1. The molecule has 25 heavy (non-hydrogen) atoms. The minimum absolute atomic E-state index is 0.143. The number of benzene rings is 2. The van der Waals surface area contributed by atoms with Crippen molar-refractivity contribution in [1.82, 2.24) is 5.32 Å². The molecule has 0 radical (unpaired) electrons.